The van der Waals surface area contributed by atoms with Crippen molar-refractivity contribution in [3.05, 3.63) is 113 Å². The highest BCUT2D eigenvalue weighted by molar-refractivity contribution is 7.90. The molecule has 350 valence electrons. The van der Waals surface area contributed by atoms with Crippen molar-refractivity contribution in [1.29, 1.82) is 0 Å². The number of carbonyl (C=O) groups is 4. The number of pyridine rings is 1. The maximum Gasteiger partial charge on any atom is 0.302 e. The number of alkyl halides is 1. The molecule has 67 heavy (non-hydrogen) atoms. The number of anilines is 2. The van der Waals surface area contributed by atoms with Gasteiger partial charge in [0.05, 0.1) is 17.3 Å². The van der Waals surface area contributed by atoms with Crippen LogP contribution in [0.1, 0.15) is 95.2 Å². The zero-order valence-electron chi connectivity index (χ0n) is 36.9. The molecule has 2 aromatic heterocycles. The van der Waals surface area contributed by atoms with Gasteiger partial charge in [-0.25, -0.2) is 18.2 Å². The fraction of sp³-hybridized carbons (Fsp3) is 0.408. The summed E-state index contributed by atoms with van der Waals surface area (Å²) in [4.78, 5) is 65.1. The molecule has 3 amide bonds. The summed E-state index contributed by atoms with van der Waals surface area (Å²) in [6.07, 6.45) is 6.40. The third kappa shape index (κ3) is 8.59. The lowest BCUT2D eigenvalue weighted by molar-refractivity contribution is -0.136. The van der Waals surface area contributed by atoms with Gasteiger partial charge in [0, 0.05) is 79.3 Å². The molecule has 0 saturated carbocycles. The summed E-state index contributed by atoms with van der Waals surface area (Å²) in [5, 5.41) is 2.71. The number of hydrogen-bond donors (Lipinski definition) is 3. The van der Waals surface area contributed by atoms with Crippen LogP contribution in [0.3, 0.4) is 0 Å². The Bertz CT molecular complexity index is 2900. The van der Waals surface area contributed by atoms with E-state index in [1.807, 2.05) is 18.2 Å². The van der Waals surface area contributed by atoms with Gasteiger partial charge in [0.1, 0.15) is 23.7 Å². The molecular weight excluding hydrogens is 886 g/mol. The molecule has 3 N–H and O–H groups in total. The molecule has 14 nitrogen and oxygen atoms in total. The number of carbonyl (C=O) groups excluding carboxylic acids is 4. The van der Waals surface area contributed by atoms with Gasteiger partial charge in [-0.05, 0) is 123 Å². The lowest BCUT2D eigenvalue weighted by Crippen LogP contribution is -2.52. The van der Waals surface area contributed by atoms with Gasteiger partial charge in [-0.15, -0.1) is 0 Å². The van der Waals surface area contributed by atoms with Crippen LogP contribution in [0.25, 0.3) is 22.2 Å². The van der Waals surface area contributed by atoms with Crippen molar-refractivity contribution < 1.29 is 40.8 Å². The smallest absolute Gasteiger partial charge is 0.302 e. The number of benzene rings is 3. The second-order valence-electron chi connectivity index (χ2n) is 18.6. The van der Waals surface area contributed by atoms with Crippen molar-refractivity contribution in [2.24, 2.45) is 5.92 Å². The van der Waals surface area contributed by atoms with Gasteiger partial charge < -0.3 is 19.7 Å². The summed E-state index contributed by atoms with van der Waals surface area (Å²) in [7, 11) is -4.40. The number of amides is 3. The van der Waals surface area contributed by atoms with Crippen molar-refractivity contribution in [2.75, 3.05) is 48.9 Å². The minimum Gasteiger partial charge on any atom is -0.372 e. The first-order valence-corrected chi connectivity index (χ1v) is 24.4. The number of ketones is 1. The van der Waals surface area contributed by atoms with Gasteiger partial charge in [-0.3, -0.25) is 29.2 Å². The monoisotopic (exact) mass is 936 g/mol. The van der Waals surface area contributed by atoms with Gasteiger partial charge in [0.2, 0.25) is 17.6 Å². The number of halogens is 3. The summed E-state index contributed by atoms with van der Waals surface area (Å²) in [6, 6.07) is 16.1. The zero-order valence-corrected chi connectivity index (χ0v) is 37.8. The number of aromatic amines is 1. The number of hydrogen-bond acceptors (Lipinski definition) is 9. The summed E-state index contributed by atoms with van der Waals surface area (Å²) >= 11 is 0. The van der Waals surface area contributed by atoms with E-state index in [1.54, 1.807) is 17.2 Å². The van der Waals surface area contributed by atoms with Crippen LogP contribution in [0.15, 0.2) is 73.1 Å². The van der Waals surface area contributed by atoms with Gasteiger partial charge in [0.15, 0.2) is 5.82 Å². The average Bonchev–Trinajstić information content (AvgIpc) is 4.01. The molecule has 0 bridgehead atoms. The maximum atomic E-state index is 15.9. The Hall–Kier alpha value is -6.11. The molecule has 0 spiro atoms. The Morgan fingerprint density at radius 2 is 1.64 bits per heavy atom. The molecule has 18 heteroatoms. The number of H-pyrrole nitrogens is 1. The Balaban J connectivity index is 0.732. The number of piperidine rings is 3. The molecular formula is C49H51F3N8O6S. The van der Waals surface area contributed by atoms with Crippen LogP contribution in [-0.2, 0) is 26.3 Å². The summed E-state index contributed by atoms with van der Waals surface area (Å²) in [5.41, 5.74) is 4.17. The zero-order chi connectivity index (χ0) is 46.7. The van der Waals surface area contributed by atoms with E-state index in [0.29, 0.717) is 47.0 Å². The normalized spacial score (nSPS) is 22.4. The maximum absolute atomic E-state index is 15.9. The van der Waals surface area contributed by atoms with Crippen molar-refractivity contribution in [2.45, 2.75) is 82.6 Å². The fourth-order valence-corrected chi connectivity index (χ4v) is 12.1. The van der Waals surface area contributed by atoms with E-state index in [-0.39, 0.29) is 36.8 Å². The van der Waals surface area contributed by atoms with E-state index in [2.05, 4.69) is 54.1 Å². The van der Waals surface area contributed by atoms with E-state index in [4.69, 9.17) is 0 Å². The largest absolute Gasteiger partial charge is 0.372 e. The van der Waals surface area contributed by atoms with Crippen LogP contribution in [-0.4, -0.2) is 114 Å². The molecule has 3 atom stereocenters. The number of aromatic nitrogens is 2. The second kappa shape index (κ2) is 17.8. The van der Waals surface area contributed by atoms with E-state index in [9.17, 15) is 32.0 Å². The van der Waals surface area contributed by atoms with Crippen LogP contribution in [0.5, 0.6) is 0 Å². The molecule has 4 saturated heterocycles. The van der Waals surface area contributed by atoms with Gasteiger partial charge in [-0.1, -0.05) is 24.3 Å². The SMILES string of the molecule is C[C@H]1[C@H](F)CCN1S(=O)(=O)Nc1ccc(F)c(C(=O)c2c[nH]c3ncc(-c4ccc(N5CCC(CN6CCC(c7ccc8c(c7)CN(C7CCC(=O)NC7=O)C8=O)CC6)CC5)cc4)cc23)c1F. The molecule has 1 unspecified atom stereocenters. The summed E-state index contributed by atoms with van der Waals surface area (Å²) in [6.45, 7) is 6.63. The van der Waals surface area contributed by atoms with E-state index in [1.165, 1.54) is 18.7 Å². The quantitative estimate of drug-likeness (QED) is 0.0967. The molecule has 7 heterocycles. The highest BCUT2D eigenvalue weighted by atomic mass is 32.2. The second-order valence-corrected chi connectivity index (χ2v) is 20.2. The Morgan fingerprint density at radius 3 is 2.36 bits per heavy atom. The average molecular weight is 937 g/mol. The number of nitrogens with one attached hydrogen (secondary N) is 3. The lowest BCUT2D eigenvalue weighted by atomic mass is 9.87. The standard InChI is InChI=1S/C49H51F3N8O6S/c1-28-39(50)16-21-60(28)67(65,66)56-41-9-8-40(51)44(45(41)52)46(62)38-25-54-47-37(38)23-33(24-53-47)30-2-5-35(6-3-30)58-19-12-29(13-20-58)26-57-17-14-31(15-18-57)32-4-7-36-34(22-32)27-59(49(36)64)42-10-11-43(61)55-48(42)63/h2-9,22-25,28-29,31,39,42,56H,10-21,26-27H2,1H3,(H,53,54)(H,55,61,63)/t28-,39+,42?/m0/s1. The number of imide groups is 1. The van der Waals surface area contributed by atoms with Crippen molar-refractivity contribution in [3.63, 3.8) is 0 Å². The van der Waals surface area contributed by atoms with Crippen LogP contribution < -0.4 is 14.9 Å². The van der Waals surface area contributed by atoms with Crippen LogP contribution >= 0.6 is 0 Å². The number of nitrogens with zero attached hydrogens (tertiary/aromatic N) is 5. The number of likely N-dealkylation sites (tertiary alicyclic amines) is 1. The third-order valence-electron chi connectivity index (χ3n) is 14.5. The molecule has 3 aromatic carbocycles. The van der Waals surface area contributed by atoms with Gasteiger partial charge >= 0.3 is 10.2 Å². The van der Waals surface area contributed by atoms with Crippen LogP contribution in [0.4, 0.5) is 24.5 Å². The summed E-state index contributed by atoms with van der Waals surface area (Å²) < 4.78 is 74.2. The minimum atomic E-state index is -4.40. The molecule has 5 aromatic rings. The van der Waals surface area contributed by atoms with Crippen LogP contribution in [0, 0.1) is 17.6 Å². The predicted molar refractivity (Wildman–Crippen MR) is 245 cm³/mol. The molecule has 0 aliphatic carbocycles. The van der Waals surface area contributed by atoms with Crippen molar-refractivity contribution in [3.8, 4) is 11.1 Å². The molecule has 0 radical (unpaired) electrons. The Labute approximate surface area is 386 Å². The number of fused-ring (bicyclic) bond motifs is 2. The fourth-order valence-electron chi connectivity index (χ4n) is 10.6. The highest BCUT2D eigenvalue weighted by Crippen LogP contribution is 2.36. The van der Waals surface area contributed by atoms with E-state index in [0.717, 1.165) is 91.7 Å². The Kier molecular flexibility index (Phi) is 11.9. The molecule has 5 aliphatic rings. The van der Waals surface area contributed by atoms with Crippen LogP contribution in [0.2, 0.25) is 0 Å². The third-order valence-corrected chi connectivity index (χ3v) is 16.2. The first kappa shape index (κ1) is 44.7. The highest BCUT2D eigenvalue weighted by Gasteiger charge is 2.41. The number of rotatable bonds is 11. The predicted octanol–water partition coefficient (Wildman–Crippen LogP) is 6.69. The molecule has 4 fully saturated rings. The first-order valence-electron chi connectivity index (χ1n) is 23.0. The lowest BCUT2D eigenvalue weighted by Gasteiger charge is -2.38. The van der Waals surface area contributed by atoms with E-state index >= 15 is 8.78 Å². The molecule has 10 rings (SSSR count). The molecule has 5 aliphatic heterocycles. The van der Waals surface area contributed by atoms with Gasteiger partial charge in [0.25, 0.3) is 5.91 Å². The first-order chi connectivity index (χ1) is 32.2. The summed E-state index contributed by atoms with van der Waals surface area (Å²) in [5.74, 6) is -3.39. The topological polar surface area (TPSA) is 168 Å². The van der Waals surface area contributed by atoms with Crippen molar-refractivity contribution in [1.82, 2.24) is 29.4 Å². The minimum absolute atomic E-state index is 0.00806. The van der Waals surface area contributed by atoms with Gasteiger partial charge in [-0.2, -0.15) is 12.7 Å². The Morgan fingerprint density at radius 1 is 0.881 bits per heavy atom. The van der Waals surface area contributed by atoms with E-state index < -0.39 is 63.0 Å². The van der Waals surface area contributed by atoms with Crippen molar-refractivity contribution >= 4 is 56.1 Å².